The van der Waals surface area contributed by atoms with Gasteiger partial charge in [0, 0.05) is 24.5 Å². The summed E-state index contributed by atoms with van der Waals surface area (Å²) in [6, 6.07) is 7.43. The van der Waals surface area contributed by atoms with Gasteiger partial charge in [-0.05, 0) is 74.2 Å². The predicted octanol–water partition coefficient (Wildman–Crippen LogP) is 4.06. The van der Waals surface area contributed by atoms with Gasteiger partial charge in [-0.1, -0.05) is 30.7 Å². The first-order valence-corrected chi connectivity index (χ1v) is 10.3. The Morgan fingerprint density at radius 2 is 1.89 bits per heavy atom. The van der Waals surface area contributed by atoms with E-state index in [0.29, 0.717) is 23.3 Å². The third-order valence-electron chi connectivity index (χ3n) is 6.19. The summed E-state index contributed by atoms with van der Waals surface area (Å²) < 4.78 is 0. The zero-order valence-corrected chi connectivity index (χ0v) is 17.6. The molecule has 2 saturated heterocycles. The number of aliphatic hydroxyl groups is 1. The van der Waals surface area contributed by atoms with E-state index in [1.54, 1.807) is 0 Å². The van der Waals surface area contributed by atoms with E-state index in [0.717, 1.165) is 44.6 Å². The lowest BCUT2D eigenvalue weighted by atomic mass is 9.84. The Labute approximate surface area is 174 Å². The van der Waals surface area contributed by atoms with Crippen LogP contribution >= 0.6 is 24.0 Å². The molecular weight excluding hydrogens is 383 g/mol. The Kier molecular flexibility index (Phi) is 8.87. The van der Waals surface area contributed by atoms with Crippen molar-refractivity contribution < 1.29 is 9.90 Å². The van der Waals surface area contributed by atoms with Crippen molar-refractivity contribution in [3.63, 3.8) is 0 Å². The smallest absolute Gasteiger partial charge is 0.222 e. The highest BCUT2D eigenvalue weighted by Crippen LogP contribution is 2.32. The first-order valence-electron chi connectivity index (χ1n) is 9.96. The number of aliphatic hydroxyl groups excluding tert-OH is 1. The molecule has 27 heavy (non-hydrogen) atoms. The fourth-order valence-electron chi connectivity index (χ4n) is 4.33. The van der Waals surface area contributed by atoms with Crippen LogP contribution in [0.2, 0.25) is 5.02 Å². The van der Waals surface area contributed by atoms with Crippen LogP contribution in [-0.2, 0) is 4.79 Å². The highest BCUT2D eigenvalue weighted by molar-refractivity contribution is 6.30. The molecule has 3 unspecified atom stereocenters. The van der Waals surface area contributed by atoms with Gasteiger partial charge in [-0.3, -0.25) is 4.79 Å². The molecule has 1 amide bonds. The van der Waals surface area contributed by atoms with Crippen LogP contribution in [0, 0.1) is 17.8 Å². The van der Waals surface area contributed by atoms with Crippen LogP contribution < -0.4 is 5.32 Å². The quantitative estimate of drug-likeness (QED) is 0.763. The van der Waals surface area contributed by atoms with E-state index in [1.807, 2.05) is 29.2 Å². The SMILES string of the molecule is CC(CC(=O)N1CCC(C(O)c2ccc(Cl)cc2)CC1)C1CCCNC1.Cl. The van der Waals surface area contributed by atoms with Crippen LogP contribution in [0.25, 0.3) is 0 Å². The summed E-state index contributed by atoms with van der Waals surface area (Å²) in [6.45, 7) is 5.88. The maximum absolute atomic E-state index is 12.7. The van der Waals surface area contributed by atoms with Crippen molar-refractivity contribution in [1.82, 2.24) is 10.2 Å². The van der Waals surface area contributed by atoms with Crippen molar-refractivity contribution in [2.75, 3.05) is 26.2 Å². The number of piperidine rings is 2. The van der Waals surface area contributed by atoms with Gasteiger partial charge in [0.1, 0.15) is 0 Å². The minimum Gasteiger partial charge on any atom is -0.388 e. The van der Waals surface area contributed by atoms with Crippen LogP contribution in [0.3, 0.4) is 0 Å². The van der Waals surface area contributed by atoms with Crippen molar-refractivity contribution in [2.45, 2.75) is 45.1 Å². The fraction of sp³-hybridized carbons (Fsp3) is 0.667. The van der Waals surface area contributed by atoms with Crippen LogP contribution in [0.15, 0.2) is 24.3 Å². The lowest BCUT2D eigenvalue weighted by Crippen LogP contribution is -2.41. The normalized spacial score (nSPS) is 23.4. The molecule has 0 bridgehead atoms. The van der Waals surface area contributed by atoms with Gasteiger partial charge in [0.05, 0.1) is 6.10 Å². The summed E-state index contributed by atoms with van der Waals surface area (Å²) in [5.74, 6) is 1.55. The summed E-state index contributed by atoms with van der Waals surface area (Å²) in [6.07, 6.45) is 4.34. The largest absolute Gasteiger partial charge is 0.388 e. The average Bonchev–Trinajstić information content (AvgIpc) is 2.69. The number of rotatable bonds is 5. The highest BCUT2D eigenvalue weighted by Gasteiger charge is 2.30. The van der Waals surface area contributed by atoms with E-state index in [1.165, 1.54) is 12.8 Å². The summed E-state index contributed by atoms with van der Waals surface area (Å²) in [4.78, 5) is 14.7. The first-order chi connectivity index (χ1) is 12.5. The Hall–Kier alpha value is -0.810. The van der Waals surface area contributed by atoms with Crippen molar-refractivity contribution in [3.05, 3.63) is 34.9 Å². The third kappa shape index (κ3) is 6.08. The summed E-state index contributed by atoms with van der Waals surface area (Å²) in [5, 5.41) is 14.8. The number of likely N-dealkylation sites (tertiary alicyclic amines) is 1. The molecule has 3 rings (SSSR count). The van der Waals surface area contributed by atoms with Gasteiger partial charge in [-0.2, -0.15) is 0 Å². The topological polar surface area (TPSA) is 52.6 Å². The molecule has 1 aromatic rings. The molecule has 2 heterocycles. The maximum Gasteiger partial charge on any atom is 0.222 e. The minimum atomic E-state index is -0.475. The summed E-state index contributed by atoms with van der Waals surface area (Å²) in [7, 11) is 0. The van der Waals surface area contributed by atoms with Crippen molar-refractivity contribution in [3.8, 4) is 0 Å². The number of nitrogens with zero attached hydrogens (tertiary/aromatic N) is 1. The molecule has 152 valence electrons. The number of hydrogen-bond acceptors (Lipinski definition) is 3. The van der Waals surface area contributed by atoms with Crippen molar-refractivity contribution >= 4 is 29.9 Å². The van der Waals surface area contributed by atoms with Crippen LogP contribution in [-0.4, -0.2) is 42.1 Å². The molecule has 0 spiro atoms. The molecule has 0 radical (unpaired) electrons. The summed E-state index contributed by atoms with van der Waals surface area (Å²) >= 11 is 5.92. The van der Waals surface area contributed by atoms with Gasteiger partial charge in [-0.25, -0.2) is 0 Å². The number of hydrogen-bond donors (Lipinski definition) is 2. The van der Waals surface area contributed by atoms with E-state index in [2.05, 4.69) is 12.2 Å². The molecule has 2 aliphatic heterocycles. The lowest BCUT2D eigenvalue weighted by Gasteiger charge is -2.36. The van der Waals surface area contributed by atoms with Gasteiger partial charge in [0.25, 0.3) is 0 Å². The molecule has 2 fully saturated rings. The number of nitrogens with one attached hydrogen (secondary N) is 1. The van der Waals surface area contributed by atoms with Gasteiger partial charge in [-0.15, -0.1) is 12.4 Å². The van der Waals surface area contributed by atoms with Crippen LogP contribution in [0.4, 0.5) is 0 Å². The number of amides is 1. The highest BCUT2D eigenvalue weighted by atomic mass is 35.5. The number of halogens is 2. The second-order valence-corrected chi connectivity index (χ2v) is 8.44. The van der Waals surface area contributed by atoms with E-state index < -0.39 is 6.10 Å². The maximum atomic E-state index is 12.7. The Morgan fingerprint density at radius 3 is 2.48 bits per heavy atom. The lowest BCUT2D eigenvalue weighted by molar-refractivity contribution is -0.134. The second kappa shape index (κ2) is 10.7. The van der Waals surface area contributed by atoms with Crippen molar-refractivity contribution in [2.24, 2.45) is 17.8 Å². The molecule has 0 saturated carbocycles. The molecule has 3 atom stereocenters. The molecule has 0 aliphatic carbocycles. The van der Waals surface area contributed by atoms with Crippen LogP contribution in [0.5, 0.6) is 0 Å². The molecule has 4 nitrogen and oxygen atoms in total. The van der Waals surface area contributed by atoms with E-state index in [9.17, 15) is 9.90 Å². The second-order valence-electron chi connectivity index (χ2n) is 8.00. The zero-order valence-electron chi connectivity index (χ0n) is 16.1. The van der Waals surface area contributed by atoms with Gasteiger partial charge < -0.3 is 15.3 Å². The molecule has 6 heteroatoms. The van der Waals surface area contributed by atoms with Gasteiger partial charge in [0.2, 0.25) is 5.91 Å². The molecule has 0 aromatic heterocycles. The molecule has 2 aliphatic rings. The number of benzene rings is 1. The molecular formula is C21H32Cl2N2O2. The monoisotopic (exact) mass is 414 g/mol. The van der Waals surface area contributed by atoms with Gasteiger partial charge in [0.15, 0.2) is 0 Å². The number of carbonyl (C=O) groups excluding carboxylic acids is 1. The van der Waals surface area contributed by atoms with E-state index in [-0.39, 0.29) is 24.2 Å². The molecule has 2 N–H and O–H groups in total. The third-order valence-corrected chi connectivity index (χ3v) is 6.44. The van der Waals surface area contributed by atoms with Crippen molar-refractivity contribution in [1.29, 1.82) is 0 Å². The van der Waals surface area contributed by atoms with Crippen LogP contribution in [0.1, 0.15) is 50.7 Å². The summed E-state index contributed by atoms with van der Waals surface area (Å²) in [5.41, 5.74) is 0.914. The predicted molar refractivity (Wildman–Crippen MR) is 112 cm³/mol. The Bertz CT molecular complexity index is 582. The standard InChI is InChI=1S/C21H31ClN2O2.ClH/c1-15(18-3-2-10-23-14-18)13-20(25)24-11-8-17(9-12-24)21(26)16-4-6-19(22)7-5-16;/h4-7,15,17-18,21,23,26H,2-3,8-14H2,1H3;1H. The average molecular weight is 415 g/mol. The molecule has 1 aromatic carbocycles. The fourth-order valence-corrected chi connectivity index (χ4v) is 4.46. The Morgan fingerprint density at radius 1 is 1.22 bits per heavy atom. The number of carbonyl (C=O) groups is 1. The Balaban J connectivity index is 0.00000261. The van der Waals surface area contributed by atoms with E-state index in [4.69, 9.17) is 11.6 Å². The van der Waals surface area contributed by atoms with Gasteiger partial charge >= 0.3 is 0 Å². The minimum absolute atomic E-state index is 0. The van der Waals surface area contributed by atoms with E-state index >= 15 is 0 Å². The zero-order chi connectivity index (χ0) is 18.5. The first kappa shape index (κ1) is 22.5.